The van der Waals surface area contributed by atoms with Crippen molar-refractivity contribution in [3.8, 4) is 0 Å². The van der Waals surface area contributed by atoms with Crippen molar-refractivity contribution in [2.45, 2.75) is 6.92 Å². The highest BCUT2D eigenvalue weighted by molar-refractivity contribution is 7.94. The molecule has 3 rings (SSSR count). The largest absolute Gasteiger partial charge is 0.434 e. The number of hydrogen-bond acceptors (Lipinski definition) is 3. The van der Waals surface area contributed by atoms with E-state index in [1.807, 2.05) is 36.4 Å². The van der Waals surface area contributed by atoms with E-state index in [4.69, 9.17) is 13.3 Å². The highest BCUT2D eigenvalue weighted by Crippen LogP contribution is 2.55. The molecule has 0 N–H and O–H groups in total. The third-order valence-electron chi connectivity index (χ3n) is 3.12. The summed E-state index contributed by atoms with van der Waals surface area (Å²) in [6, 6.07) is 11.7. The lowest BCUT2D eigenvalue weighted by molar-refractivity contribution is 0.581. The molecule has 0 atom stereocenters. The van der Waals surface area contributed by atoms with Crippen molar-refractivity contribution in [2.24, 2.45) is 0 Å². The van der Waals surface area contributed by atoms with Crippen LogP contribution >= 0.6 is 7.26 Å². The zero-order valence-corrected chi connectivity index (χ0v) is 11.0. The van der Waals surface area contributed by atoms with Gasteiger partial charge in [-0.1, -0.05) is 0 Å². The van der Waals surface area contributed by atoms with Gasteiger partial charge in [0, 0.05) is 18.2 Å². The van der Waals surface area contributed by atoms with Crippen LogP contribution in [0.15, 0.2) is 68.4 Å². The Bertz CT molecular complexity index is 495. The number of furan rings is 3. The fourth-order valence-electron chi connectivity index (χ4n) is 2.25. The molecule has 0 unspecified atom stereocenters. The van der Waals surface area contributed by atoms with Crippen LogP contribution in [0.3, 0.4) is 0 Å². The first-order chi connectivity index (χ1) is 8.88. The molecule has 0 fully saturated rings. The van der Waals surface area contributed by atoms with Gasteiger partial charge in [0.2, 0.25) is 7.26 Å². The van der Waals surface area contributed by atoms with E-state index in [0.717, 1.165) is 22.7 Å². The van der Waals surface area contributed by atoms with E-state index in [0.29, 0.717) is 0 Å². The second-order valence-electron chi connectivity index (χ2n) is 3.98. The van der Waals surface area contributed by atoms with Crippen LogP contribution in [0.4, 0.5) is 0 Å². The monoisotopic (exact) mass is 261 g/mol. The number of rotatable bonds is 4. The molecule has 4 heteroatoms. The van der Waals surface area contributed by atoms with Crippen LogP contribution in [0.25, 0.3) is 0 Å². The average molecular weight is 261 g/mol. The van der Waals surface area contributed by atoms with E-state index in [1.165, 1.54) is 0 Å². The Morgan fingerprint density at radius 2 is 1.17 bits per heavy atom. The first-order valence-corrected chi connectivity index (χ1v) is 7.85. The van der Waals surface area contributed by atoms with Gasteiger partial charge in [-0.05, 0) is 25.1 Å². The highest BCUT2D eigenvalue weighted by atomic mass is 31.2. The van der Waals surface area contributed by atoms with Crippen LogP contribution in [0.2, 0.25) is 0 Å². The van der Waals surface area contributed by atoms with Gasteiger partial charge in [-0.3, -0.25) is 0 Å². The normalized spacial score (nSPS) is 11.8. The fraction of sp³-hybridized carbons (Fsp3) is 0.143. The van der Waals surface area contributed by atoms with Crippen molar-refractivity contribution in [1.82, 2.24) is 0 Å². The Morgan fingerprint density at radius 3 is 1.39 bits per heavy atom. The summed E-state index contributed by atoms with van der Waals surface area (Å²) in [6.07, 6.45) is 6.00. The summed E-state index contributed by atoms with van der Waals surface area (Å²) < 4.78 is 17.0. The Hall–Kier alpha value is -1.73. The predicted octanol–water partition coefficient (Wildman–Crippen LogP) is 2.78. The maximum Gasteiger partial charge on any atom is 0.262 e. The maximum absolute atomic E-state index is 5.67. The Morgan fingerprint density at radius 1 is 0.778 bits per heavy atom. The van der Waals surface area contributed by atoms with Crippen LogP contribution in [0.5, 0.6) is 0 Å². The Balaban J connectivity index is 2.25. The van der Waals surface area contributed by atoms with Crippen LogP contribution in [-0.4, -0.2) is 6.16 Å². The molecule has 3 nitrogen and oxygen atoms in total. The van der Waals surface area contributed by atoms with Gasteiger partial charge in [0.05, 0.1) is 25.0 Å². The SMILES string of the molecule is CC[P+](c1ccco1)(c1ccco1)c1ccco1. The van der Waals surface area contributed by atoms with Crippen molar-refractivity contribution in [1.29, 1.82) is 0 Å². The second-order valence-corrected chi connectivity index (χ2v) is 7.55. The van der Waals surface area contributed by atoms with Crippen LogP contribution < -0.4 is 16.5 Å². The summed E-state index contributed by atoms with van der Waals surface area (Å²) in [5, 5.41) is 0. The zero-order valence-electron chi connectivity index (χ0n) is 10.1. The lowest BCUT2D eigenvalue weighted by atomic mass is 10.7. The minimum absolute atomic E-state index is 0.904. The van der Waals surface area contributed by atoms with Crippen LogP contribution in [-0.2, 0) is 0 Å². The molecule has 3 aromatic heterocycles. The third kappa shape index (κ3) is 1.55. The minimum Gasteiger partial charge on any atom is -0.434 e. The summed E-state index contributed by atoms with van der Waals surface area (Å²) in [5.41, 5.74) is 2.82. The van der Waals surface area contributed by atoms with Crippen LogP contribution in [0, 0.1) is 0 Å². The predicted molar refractivity (Wildman–Crippen MR) is 72.5 cm³/mol. The zero-order chi connectivity index (χ0) is 12.4. The quantitative estimate of drug-likeness (QED) is 0.678. The van der Waals surface area contributed by atoms with Crippen molar-refractivity contribution in [2.75, 3.05) is 6.16 Å². The van der Waals surface area contributed by atoms with Gasteiger partial charge >= 0.3 is 0 Å². The second kappa shape index (κ2) is 4.51. The first kappa shape index (κ1) is 11.4. The lowest BCUT2D eigenvalue weighted by Crippen LogP contribution is -2.30. The molecule has 3 heterocycles. The molecule has 0 aromatic carbocycles. The Labute approximate surface area is 106 Å². The van der Waals surface area contributed by atoms with Gasteiger partial charge in [-0.2, -0.15) is 0 Å². The highest BCUT2D eigenvalue weighted by Gasteiger charge is 2.52. The van der Waals surface area contributed by atoms with E-state index >= 15 is 0 Å². The molecule has 0 amide bonds. The summed E-state index contributed by atoms with van der Waals surface area (Å²) in [5.74, 6) is 0. The molecule has 0 aliphatic carbocycles. The van der Waals surface area contributed by atoms with Crippen molar-refractivity contribution < 1.29 is 13.3 Å². The standard InChI is InChI=1S/C14H14O3P/c1-2-18(12-6-3-9-15-12,13-7-4-10-16-13)14-8-5-11-17-14/h3-11H,2H2,1H3/q+1. The Kier molecular flexibility index (Phi) is 2.85. The van der Waals surface area contributed by atoms with Crippen molar-refractivity contribution >= 4 is 23.8 Å². The molecule has 92 valence electrons. The smallest absolute Gasteiger partial charge is 0.262 e. The van der Waals surface area contributed by atoms with Gasteiger partial charge < -0.3 is 13.3 Å². The topological polar surface area (TPSA) is 39.4 Å². The molecule has 3 aromatic rings. The molecule has 0 aliphatic rings. The molecule has 0 spiro atoms. The summed E-state index contributed by atoms with van der Waals surface area (Å²) in [6.45, 7) is 2.14. The van der Waals surface area contributed by atoms with Crippen LogP contribution in [0.1, 0.15) is 6.92 Å². The molecular weight excluding hydrogens is 247 g/mol. The molecule has 0 radical (unpaired) electrons. The maximum atomic E-state index is 5.67. The molecule has 0 saturated heterocycles. The summed E-state index contributed by atoms with van der Waals surface area (Å²) in [4.78, 5) is 0. The van der Waals surface area contributed by atoms with Crippen molar-refractivity contribution in [3.63, 3.8) is 0 Å². The molecule has 0 aliphatic heterocycles. The minimum atomic E-state index is -1.89. The van der Waals surface area contributed by atoms with Gasteiger partial charge in [-0.15, -0.1) is 0 Å². The van der Waals surface area contributed by atoms with E-state index in [9.17, 15) is 0 Å². The van der Waals surface area contributed by atoms with Gasteiger partial charge in [0.15, 0.2) is 0 Å². The molecule has 18 heavy (non-hydrogen) atoms. The lowest BCUT2D eigenvalue weighted by Gasteiger charge is -2.16. The van der Waals surface area contributed by atoms with Crippen molar-refractivity contribution in [3.05, 3.63) is 55.2 Å². The van der Waals surface area contributed by atoms with Gasteiger partial charge in [0.25, 0.3) is 16.5 Å². The van der Waals surface area contributed by atoms with E-state index in [-0.39, 0.29) is 0 Å². The first-order valence-electron chi connectivity index (χ1n) is 5.88. The molecule has 0 bridgehead atoms. The van der Waals surface area contributed by atoms with Gasteiger partial charge in [-0.25, -0.2) is 0 Å². The average Bonchev–Trinajstić information content (AvgIpc) is 3.16. The summed E-state index contributed by atoms with van der Waals surface area (Å²) in [7, 11) is -1.89. The molecular formula is C14H14O3P+. The summed E-state index contributed by atoms with van der Waals surface area (Å²) >= 11 is 0. The van der Waals surface area contributed by atoms with E-state index in [2.05, 4.69) is 6.92 Å². The van der Waals surface area contributed by atoms with E-state index in [1.54, 1.807) is 18.8 Å². The number of hydrogen-bond donors (Lipinski definition) is 0. The fourth-order valence-corrected chi connectivity index (χ4v) is 5.59. The van der Waals surface area contributed by atoms with Gasteiger partial charge in [0.1, 0.15) is 0 Å². The van der Waals surface area contributed by atoms with E-state index < -0.39 is 7.26 Å². The molecule has 0 saturated carbocycles. The third-order valence-corrected chi connectivity index (χ3v) is 7.09.